The average molecular weight is 425 g/mol. The predicted molar refractivity (Wildman–Crippen MR) is 113 cm³/mol. The van der Waals surface area contributed by atoms with E-state index in [0.717, 1.165) is 5.69 Å². The summed E-state index contributed by atoms with van der Waals surface area (Å²) in [4.78, 5) is 1.45. The van der Waals surface area contributed by atoms with Crippen LogP contribution in [0.5, 0.6) is 5.75 Å². The van der Waals surface area contributed by atoms with Gasteiger partial charge < -0.3 is 5.11 Å². The Morgan fingerprint density at radius 3 is 2.97 bits per heavy atom. The number of nitrogens with one attached hydrogen (secondary N) is 1. The summed E-state index contributed by atoms with van der Waals surface area (Å²) >= 11 is 1.30. The SMILES string of the molecule is C=C(c1nnc(-c2ccc(-n3ncc(C)n3)cc2O)s1)[C@H]1C[C@]2(C)C=CC(N2)[C@@H]1F. The Kier molecular flexibility index (Phi) is 4.33. The molecule has 30 heavy (non-hydrogen) atoms. The van der Waals surface area contributed by atoms with Gasteiger partial charge in [-0.25, -0.2) is 4.39 Å². The summed E-state index contributed by atoms with van der Waals surface area (Å²) < 4.78 is 15.0. The van der Waals surface area contributed by atoms with Gasteiger partial charge in [0.1, 0.15) is 16.9 Å². The fourth-order valence-electron chi connectivity index (χ4n) is 4.15. The van der Waals surface area contributed by atoms with Crippen molar-refractivity contribution in [3.8, 4) is 22.0 Å². The third-order valence-electron chi connectivity index (χ3n) is 5.74. The van der Waals surface area contributed by atoms with Crippen molar-refractivity contribution >= 4 is 16.9 Å². The third-order valence-corrected chi connectivity index (χ3v) is 6.77. The lowest BCUT2D eigenvalue weighted by Crippen LogP contribution is -2.54. The highest BCUT2D eigenvalue weighted by Gasteiger charge is 2.46. The lowest BCUT2D eigenvalue weighted by molar-refractivity contribution is 0.146. The van der Waals surface area contributed by atoms with Crippen LogP contribution in [-0.2, 0) is 0 Å². The molecule has 2 aliphatic rings. The van der Waals surface area contributed by atoms with E-state index in [0.29, 0.717) is 33.3 Å². The number of phenols is 1. The van der Waals surface area contributed by atoms with E-state index in [1.165, 1.54) is 16.1 Å². The van der Waals surface area contributed by atoms with Gasteiger partial charge in [-0.05, 0) is 38.0 Å². The predicted octanol–water partition coefficient (Wildman–Crippen LogP) is 3.46. The van der Waals surface area contributed by atoms with Gasteiger partial charge in [0.05, 0.1) is 29.2 Å². The maximum atomic E-state index is 15.0. The van der Waals surface area contributed by atoms with Gasteiger partial charge >= 0.3 is 0 Å². The second kappa shape index (κ2) is 6.82. The summed E-state index contributed by atoms with van der Waals surface area (Å²) in [5, 5.41) is 31.8. The van der Waals surface area contributed by atoms with Crippen molar-refractivity contribution in [3.05, 3.63) is 53.8 Å². The molecule has 154 valence electrons. The topological polar surface area (TPSA) is 88.8 Å². The minimum absolute atomic E-state index is 0.0516. The van der Waals surface area contributed by atoms with Crippen molar-refractivity contribution < 1.29 is 9.50 Å². The number of fused-ring (bicyclic) bond motifs is 2. The summed E-state index contributed by atoms with van der Waals surface area (Å²) in [6.45, 7) is 8.06. The number of hydrogen-bond donors (Lipinski definition) is 2. The molecule has 3 aromatic rings. The molecule has 0 aliphatic carbocycles. The van der Waals surface area contributed by atoms with E-state index < -0.39 is 6.17 Å². The first-order chi connectivity index (χ1) is 14.3. The first kappa shape index (κ1) is 19.1. The third kappa shape index (κ3) is 3.14. The zero-order valence-corrected chi connectivity index (χ0v) is 17.4. The first-order valence-corrected chi connectivity index (χ1v) is 10.5. The molecule has 5 rings (SSSR count). The van der Waals surface area contributed by atoms with Crippen molar-refractivity contribution in [2.45, 2.75) is 38.0 Å². The molecule has 1 fully saturated rings. The van der Waals surface area contributed by atoms with Crippen LogP contribution in [0.1, 0.15) is 24.0 Å². The van der Waals surface area contributed by atoms with Gasteiger partial charge in [0.25, 0.3) is 0 Å². The van der Waals surface area contributed by atoms with Crippen molar-refractivity contribution in [2.75, 3.05) is 0 Å². The number of aryl methyl sites for hydroxylation is 1. The highest BCUT2D eigenvalue weighted by molar-refractivity contribution is 7.15. The smallest absolute Gasteiger partial charge is 0.151 e. The van der Waals surface area contributed by atoms with E-state index >= 15 is 0 Å². The Morgan fingerprint density at radius 2 is 2.23 bits per heavy atom. The van der Waals surface area contributed by atoms with Crippen molar-refractivity contribution in [1.29, 1.82) is 0 Å². The molecule has 0 radical (unpaired) electrons. The van der Waals surface area contributed by atoms with Crippen LogP contribution in [0, 0.1) is 12.8 Å². The molecule has 1 aromatic carbocycles. The van der Waals surface area contributed by atoms with Gasteiger partial charge in [0.15, 0.2) is 5.01 Å². The molecule has 2 aromatic heterocycles. The largest absolute Gasteiger partial charge is 0.507 e. The molecular formula is C21H21FN6OS. The first-order valence-electron chi connectivity index (χ1n) is 9.69. The molecule has 7 nitrogen and oxygen atoms in total. The highest BCUT2D eigenvalue weighted by Crippen LogP contribution is 2.43. The van der Waals surface area contributed by atoms with Crippen LogP contribution in [0.2, 0.25) is 0 Å². The second-order valence-corrected chi connectivity index (χ2v) is 9.09. The van der Waals surface area contributed by atoms with Crippen LogP contribution >= 0.6 is 11.3 Å². The zero-order valence-electron chi connectivity index (χ0n) is 16.6. The van der Waals surface area contributed by atoms with Crippen molar-refractivity contribution in [2.24, 2.45) is 5.92 Å². The molecule has 9 heteroatoms. The van der Waals surface area contributed by atoms with E-state index in [4.69, 9.17) is 0 Å². The zero-order chi connectivity index (χ0) is 21.0. The summed E-state index contributed by atoms with van der Waals surface area (Å²) in [6.07, 6.45) is 5.15. The van der Waals surface area contributed by atoms with Crippen LogP contribution in [0.15, 0.2) is 43.1 Å². The number of nitrogens with zero attached hydrogens (tertiary/aromatic N) is 5. The molecule has 4 atom stereocenters. The van der Waals surface area contributed by atoms with Crippen LogP contribution in [-0.4, -0.2) is 48.1 Å². The molecule has 0 spiro atoms. The van der Waals surface area contributed by atoms with E-state index in [1.54, 1.807) is 24.4 Å². The molecule has 0 saturated carbocycles. The van der Waals surface area contributed by atoms with E-state index in [2.05, 4.69) is 39.2 Å². The minimum atomic E-state index is -1.06. The molecular weight excluding hydrogens is 403 g/mol. The van der Waals surface area contributed by atoms with Gasteiger partial charge in [0.2, 0.25) is 0 Å². The van der Waals surface area contributed by atoms with E-state index in [9.17, 15) is 9.50 Å². The summed E-state index contributed by atoms with van der Waals surface area (Å²) in [5.41, 5.74) is 2.41. The monoisotopic (exact) mass is 424 g/mol. The van der Waals surface area contributed by atoms with Gasteiger partial charge in [-0.2, -0.15) is 15.0 Å². The Balaban J connectivity index is 1.40. The minimum Gasteiger partial charge on any atom is -0.507 e. The van der Waals surface area contributed by atoms with Crippen molar-refractivity contribution in [1.82, 2.24) is 30.5 Å². The lowest BCUT2D eigenvalue weighted by atomic mass is 9.79. The molecule has 0 amide bonds. The number of benzene rings is 1. The highest BCUT2D eigenvalue weighted by atomic mass is 32.1. The molecule has 4 heterocycles. The molecule has 2 aliphatic heterocycles. The maximum Gasteiger partial charge on any atom is 0.151 e. The Bertz CT molecular complexity index is 1170. The fourth-order valence-corrected chi connectivity index (χ4v) is 5.06. The van der Waals surface area contributed by atoms with Crippen LogP contribution in [0.4, 0.5) is 4.39 Å². The molecule has 1 unspecified atom stereocenters. The Morgan fingerprint density at radius 1 is 1.40 bits per heavy atom. The van der Waals surface area contributed by atoms with E-state index in [1.807, 2.05) is 19.1 Å². The second-order valence-electron chi connectivity index (χ2n) is 8.12. The van der Waals surface area contributed by atoms with E-state index in [-0.39, 0.29) is 23.2 Å². The maximum absolute atomic E-state index is 15.0. The number of alkyl halides is 1. The number of aromatic hydroxyl groups is 1. The Labute approximate surface area is 177 Å². The van der Waals surface area contributed by atoms with Gasteiger partial charge in [-0.3, -0.25) is 5.32 Å². The standard InChI is InChI=1S/C21H21FN6OS/c1-11-10-23-28(27-11)13-4-5-14(17(29)8-13)20-26-25-19(30-20)12(2)15-9-21(3)7-6-16(24-21)18(15)22/h4-8,10,15-16,18,24,29H,2,9H2,1,3H3/t15-,16?,18-,21+/m1/s1. The van der Waals surface area contributed by atoms with Gasteiger partial charge in [0, 0.05) is 17.5 Å². The number of rotatable bonds is 4. The number of piperidine rings is 1. The average Bonchev–Trinajstić information content (AvgIpc) is 3.44. The quantitative estimate of drug-likeness (QED) is 0.624. The number of aromatic nitrogens is 5. The Hall–Kier alpha value is -2.91. The normalized spacial score (nSPS) is 27.5. The lowest BCUT2D eigenvalue weighted by Gasteiger charge is -2.39. The molecule has 2 N–H and O–H groups in total. The number of allylic oxidation sites excluding steroid dienone is 1. The fraction of sp³-hybridized carbons (Fsp3) is 0.333. The van der Waals surface area contributed by atoms with Crippen LogP contribution in [0.3, 0.4) is 0 Å². The van der Waals surface area contributed by atoms with Crippen molar-refractivity contribution in [3.63, 3.8) is 0 Å². The summed E-state index contributed by atoms with van der Waals surface area (Å²) in [6, 6.07) is 4.84. The summed E-state index contributed by atoms with van der Waals surface area (Å²) in [7, 11) is 0. The molecule has 2 bridgehead atoms. The van der Waals surface area contributed by atoms with Crippen LogP contribution < -0.4 is 5.32 Å². The number of hydrogen-bond acceptors (Lipinski definition) is 7. The number of halogens is 1. The van der Waals surface area contributed by atoms with Crippen LogP contribution in [0.25, 0.3) is 21.8 Å². The number of phenolic OH excluding ortho intramolecular Hbond substituents is 1. The van der Waals surface area contributed by atoms with Gasteiger partial charge in [-0.15, -0.1) is 10.2 Å². The molecule has 1 saturated heterocycles. The van der Waals surface area contributed by atoms with Gasteiger partial charge in [-0.1, -0.05) is 30.1 Å². The summed E-state index contributed by atoms with van der Waals surface area (Å²) in [5.74, 6) is -0.280.